The summed E-state index contributed by atoms with van der Waals surface area (Å²) in [7, 11) is 6.94. The quantitative estimate of drug-likeness (QED) is 0.155. The van der Waals surface area contributed by atoms with Crippen LogP contribution in [0.3, 0.4) is 0 Å². The third-order valence-electron chi connectivity index (χ3n) is 13.2. The molecule has 0 aromatic heterocycles. The molecule has 1 aromatic rings. The summed E-state index contributed by atoms with van der Waals surface area (Å²) in [6, 6.07) is 5.75. The SMILES string of the molecule is CC[C@H](C)[C@@H]([C@@H](CC(=O)N1CCC[C@H]1[C@H](OC)[C@@H](C)C(=O)N[C@H](CO)Cc1cccc(N)c1)OC)N(C)C(=O)[C@@H](C(C)C)C12CCC(C1)C(C(N)=O)N2C. The second-order valence-corrected chi connectivity index (χ2v) is 16.7. The normalized spacial score (nSPS) is 26.6. The van der Waals surface area contributed by atoms with Gasteiger partial charge in [-0.15, -0.1) is 0 Å². The van der Waals surface area contributed by atoms with Crippen LogP contribution in [0.2, 0.25) is 0 Å². The number of nitrogens with zero attached hydrogens (tertiary/aromatic N) is 3. The molecule has 4 amide bonds. The molecule has 3 unspecified atom stereocenters. The van der Waals surface area contributed by atoms with E-state index >= 15 is 0 Å². The zero-order valence-corrected chi connectivity index (χ0v) is 34.1. The van der Waals surface area contributed by atoms with Gasteiger partial charge in [-0.25, -0.2) is 0 Å². The molecular formula is C41H68N6O7. The molecule has 54 heavy (non-hydrogen) atoms. The van der Waals surface area contributed by atoms with Crippen molar-refractivity contribution in [3.05, 3.63) is 29.8 Å². The second-order valence-electron chi connectivity index (χ2n) is 16.7. The Bertz CT molecular complexity index is 1460. The number of ether oxygens (including phenoxy) is 2. The molecular weight excluding hydrogens is 688 g/mol. The van der Waals surface area contributed by atoms with Crippen LogP contribution < -0.4 is 16.8 Å². The summed E-state index contributed by atoms with van der Waals surface area (Å²) in [5.74, 6) is -1.51. The molecule has 3 aliphatic rings. The largest absolute Gasteiger partial charge is 0.399 e. The Labute approximate surface area is 322 Å². The molecule has 13 heteroatoms. The van der Waals surface area contributed by atoms with Gasteiger partial charge >= 0.3 is 0 Å². The third-order valence-corrected chi connectivity index (χ3v) is 13.2. The van der Waals surface area contributed by atoms with Crippen LogP contribution in [-0.2, 0) is 35.1 Å². The van der Waals surface area contributed by atoms with E-state index in [4.69, 9.17) is 20.9 Å². The van der Waals surface area contributed by atoms with Crippen LogP contribution in [0.1, 0.15) is 85.1 Å². The fourth-order valence-electron chi connectivity index (χ4n) is 10.4. The number of likely N-dealkylation sites (tertiary alicyclic amines) is 2. The minimum atomic E-state index is -0.608. The average Bonchev–Trinajstić information content (AvgIpc) is 3.85. The Morgan fingerprint density at radius 3 is 2.37 bits per heavy atom. The van der Waals surface area contributed by atoms with Gasteiger partial charge in [0.25, 0.3) is 0 Å². The van der Waals surface area contributed by atoms with Crippen molar-refractivity contribution >= 4 is 29.3 Å². The van der Waals surface area contributed by atoms with Gasteiger partial charge in [0.1, 0.15) is 0 Å². The number of rotatable bonds is 19. The summed E-state index contributed by atoms with van der Waals surface area (Å²) in [5, 5.41) is 13.1. The monoisotopic (exact) mass is 757 g/mol. The van der Waals surface area contributed by atoms with Crippen molar-refractivity contribution in [2.45, 2.75) is 128 Å². The van der Waals surface area contributed by atoms with Crippen LogP contribution in [0.5, 0.6) is 0 Å². The van der Waals surface area contributed by atoms with Crippen LogP contribution in [-0.4, -0.2) is 127 Å². The first-order valence-electron chi connectivity index (χ1n) is 20.0. The number of hydrogen-bond acceptors (Lipinski definition) is 9. The molecule has 2 aliphatic heterocycles. The lowest BCUT2D eigenvalue weighted by Crippen LogP contribution is -2.61. The number of nitrogens with one attached hydrogen (secondary N) is 1. The molecule has 2 heterocycles. The number of amides is 4. The zero-order valence-electron chi connectivity index (χ0n) is 34.1. The van der Waals surface area contributed by atoms with E-state index < -0.39 is 29.7 Å². The maximum absolute atomic E-state index is 14.8. The Morgan fingerprint density at radius 1 is 1.11 bits per heavy atom. The Balaban J connectivity index is 1.50. The Morgan fingerprint density at radius 2 is 1.81 bits per heavy atom. The van der Waals surface area contributed by atoms with E-state index in [-0.39, 0.29) is 78.5 Å². The zero-order chi connectivity index (χ0) is 40.1. The molecule has 1 aliphatic carbocycles. The summed E-state index contributed by atoms with van der Waals surface area (Å²) in [6.07, 6.45) is 4.00. The van der Waals surface area contributed by atoms with Gasteiger partial charge < -0.3 is 41.2 Å². The summed E-state index contributed by atoms with van der Waals surface area (Å²) >= 11 is 0. The molecule has 0 spiro atoms. The number of methoxy groups -OCH3 is 2. The van der Waals surface area contributed by atoms with Gasteiger partial charge in [0, 0.05) is 39.0 Å². The number of aliphatic hydroxyl groups excluding tert-OH is 1. The van der Waals surface area contributed by atoms with Crippen LogP contribution >= 0.6 is 0 Å². The fourth-order valence-corrected chi connectivity index (χ4v) is 10.4. The number of carbonyl (C=O) groups is 4. The number of likely N-dealkylation sites (N-methyl/N-ethyl adjacent to an activating group) is 2. The number of carbonyl (C=O) groups excluding carboxylic acids is 4. The van der Waals surface area contributed by atoms with Gasteiger partial charge in [0.2, 0.25) is 23.6 Å². The standard InChI is InChI=1S/C41H68N6O7/c1-10-25(4)35(45(6)40(52)34(24(2)3)41-17-16-28(22-41)36(38(43)50)46(41)7)32(53-8)21-33(49)47-18-12-15-31(47)37(54-9)26(5)39(51)44-30(23-48)20-27-13-11-14-29(42)19-27/h11,13-14,19,24-26,28,30-32,34-37,48H,10,12,15-18,20-23,42H2,1-9H3,(H2,43,50)(H,44,51)/t25-,26+,28?,30-,31-,32+,34+,35-,36?,37+,41?/m0/s1. The molecule has 11 atom stereocenters. The smallest absolute Gasteiger partial charge is 0.235 e. The van der Waals surface area contributed by atoms with Crippen LogP contribution in [0.15, 0.2) is 24.3 Å². The van der Waals surface area contributed by atoms with Crippen molar-refractivity contribution in [3.8, 4) is 0 Å². The highest BCUT2D eigenvalue weighted by atomic mass is 16.5. The number of anilines is 1. The van der Waals surface area contributed by atoms with Crippen molar-refractivity contribution in [3.63, 3.8) is 0 Å². The van der Waals surface area contributed by atoms with Gasteiger partial charge in [-0.05, 0) is 81.0 Å². The Hall–Kier alpha value is -3.26. The predicted molar refractivity (Wildman–Crippen MR) is 209 cm³/mol. The van der Waals surface area contributed by atoms with E-state index in [2.05, 4.69) is 37.9 Å². The number of nitrogens with two attached hydrogens (primary N) is 2. The number of hydrogen-bond donors (Lipinski definition) is 4. The van der Waals surface area contributed by atoms with Crippen LogP contribution in [0.25, 0.3) is 0 Å². The van der Waals surface area contributed by atoms with Gasteiger partial charge in [-0.1, -0.05) is 53.2 Å². The van der Waals surface area contributed by atoms with E-state index in [1.54, 1.807) is 27.2 Å². The predicted octanol–water partition coefficient (Wildman–Crippen LogP) is 2.82. The summed E-state index contributed by atoms with van der Waals surface area (Å²) < 4.78 is 12.1. The minimum Gasteiger partial charge on any atom is -0.399 e. The van der Waals surface area contributed by atoms with Crippen LogP contribution in [0.4, 0.5) is 5.69 Å². The first kappa shape index (κ1) is 43.5. The lowest BCUT2D eigenvalue weighted by Gasteiger charge is -2.48. The highest BCUT2D eigenvalue weighted by Gasteiger charge is 2.62. The van der Waals surface area contributed by atoms with Crippen molar-refractivity contribution in [1.82, 2.24) is 20.0 Å². The van der Waals surface area contributed by atoms with E-state index in [9.17, 15) is 24.3 Å². The van der Waals surface area contributed by atoms with E-state index in [0.29, 0.717) is 25.1 Å². The van der Waals surface area contributed by atoms with E-state index in [0.717, 1.165) is 37.7 Å². The highest BCUT2D eigenvalue weighted by Crippen LogP contribution is 2.55. The average molecular weight is 757 g/mol. The first-order valence-corrected chi connectivity index (χ1v) is 20.0. The summed E-state index contributed by atoms with van der Waals surface area (Å²) in [5.41, 5.74) is 12.8. The van der Waals surface area contributed by atoms with E-state index in [1.165, 1.54) is 0 Å². The molecule has 2 saturated heterocycles. The van der Waals surface area contributed by atoms with Crippen molar-refractivity contribution in [2.24, 2.45) is 35.3 Å². The van der Waals surface area contributed by atoms with Crippen molar-refractivity contribution in [2.75, 3.05) is 47.2 Å². The third kappa shape index (κ3) is 8.90. The van der Waals surface area contributed by atoms with Crippen molar-refractivity contribution in [1.29, 1.82) is 0 Å². The molecule has 1 aromatic carbocycles. The summed E-state index contributed by atoms with van der Waals surface area (Å²) in [4.78, 5) is 60.9. The molecule has 2 bridgehead atoms. The molecule has 13 nitrogen and oxygen atoms in total. The number of nitrogen functional groups attached to an aromatic ring is 1. The van der Waals surface area contributed by atoms with Gasteiger partial charge in [-0.3, -0.25) is 24.1 Å². The lowest BCUT2D eigenvalue weighted by molar-refractivity contribution is -0.153. The maximum atomic E-state index is 14.8. The van der Waals surface area contributed by atoms with Crippen molar-refractivity contribution < 1.29 is 33.8 Å². The first-order chi connectivity index (χ1) is 25.6. The molecule has 1 saturated carbocycles. The fraction of sp³-hybridized carbons (Fsp3) is 0.756. The number of piperidine rings is 1. The highest BCUT2D eigenvalue weighted by molar-refractivity contribution is 5.84. The van der Waals surface area contributed by atoms with Gasteiger partial charge in [0.05, 0.1) is 61.2 Å². The molecule has 304 valence electrons. The number of primary amides is 1. The maximum Gasteiger partial charge on any atom is 0.235 e. The minimum absolute atomic E-state index is 0.00216. The summed E-state index contributed by atoms with van der Waals surface area (Å²) in [6.45, 7) is 10.4. The topological polar surface area (TPSA) is 181 Å². The van der Waals surface area contributed by atoms with Gasteiger partial charge in [-0.2, -0.15) is 0 Å². The van der Waals surface area contributed by atoms with Crippen LogP contribution in [0, 0.1) is 29.6 Å². The molecule has 3 fully saturated rings. The number of benzene rings is 1. The number of fused-ring (bicyclic) bond motifs is 2. The Kier molecular flexibility index (Phi) is 15.0. The molecule has 4 rings (SSSR count). The molecule has 6 N–H and O–H groups in total. The molecule has 0 radical (unpaired) electrons. The number of aliphatic hydroxyl groups is 1. The lowest BCUT2D eigenvalue weighted by atomic mass is 9.74. The van der Waals surface area contributed by atoms with Gasteiger partial charge in [0.15, 0.2) is 0 Å². The second kappa shape index (κ2) is 18.6. The van der Waals surface area contributed by atoms with E-state index in [1.807, 2.05) is 42.1 Å².